The maximum absolute atomic E-state index is 13.5. The van der Waals surface area contributed by atoms with Gasteiger partial charge in [-0.2, -0.15) is 0 Å². The molecule has 1 atom stereocenters. The van der Waals surface area contributed by atoms with Crippen molar-refractivity contribution in [2.24, 2.45) is 0 Å². The number of ether oxygens (including phenoxy) is 1. The zero-order chi connectivity index (χ0) is 16.7. The smallest absolute Gasteiger partial charge is 0.257 e. The Bertz CT molecular complexity index is 759. The Labute approximate surface area is 139 Å². The Morgan fingerprint density at radius 1 is 1.38 bits per heavy atom. The van der Waals surface area contributed by atoms with Gasteiger partial charge in [0, 0.05) is 36.6 Å². The monoisotopic (exact) mass is 332 g/mol. The fraction of sp³-hybridized carbons (Fsp3) is 0.500. The third kappa shape index (κ3) is 2.59. The molecule has 0 bridgehead atoms. The van der Waals surface area contributed by atoms with E-state index < -0.39 is 5.60 Å². The number of aromatic amines is 1. The number of aliphatic hydroxyl groups is 1. The minimum atomic E-state index is -1.35. The van der Waals surface area contributed by atoms with E-state index in [9.17, 15) is 14.3 Å². The first-order valence-electron chi connectivity index (χ1n) is 8.43. The van der Waals surface area contributed by atoms with Crippen LogP contribution in [0.25, 0.3) is 10.9 Å². The Kier molecular flexibility index (Phi) is 3.81. The van der Waals surface area contributed by atoms with E-state index in [1.165, 1.54) is 6.07 Å². The number of likely N-dealkylation sites (tertiary alicyclic amines) is 1. The average Bonchev–Trinajstić information content (AvgIpc) is 3.21. The average molecular weight is 332 g/mol. The van der Waals surface area contributed by atoms with Crippen LogP contribution < -0.4 is 0 Å². The first-order chi connectivity index (χ1) is 11.6. The molecule has 1 aromatic heterocycles. The van der Waals surface area contributed by atoms with Crippen LogP contribution >= 0.6 is 0 Å². The van der Waals surface area contributed by atoms with Crippen LogP contribution in [-0.4, -0.2) is 52.8 Å². The summed E-state index contributed by atoms with van der Waals surface area (Å²) in [5.74, 6) is -0.165. The SMILES string of the molecule is O=C(N1CCC(c2c[nH]c3ccc(F)cc23)CC1)C1(O)CCOC1. The van der Waals surface area contributed by atoms with Crippen molar-refractivity contribution in [2.75, 3.05) is 26.3 Å². The molecule has 0 radical (unpaired) electrons. The summed E-state index contributed by atoms with van der Waals surface area (Å²) in [5.41, 5.74) is 0.693. The summed E-state index contributed by atoms with van der Waals surface area (Å²) < 4.78 is 18.7. The number of benzene rings is 1. The number of carbonyl (C=O) groups is 1. The van der Waals surface area contributed by atoms with Gasteiger partial charge in [0.1, 0.15) is 5.82 Å². The predicted octanol–water partition coefficient (Wildman–Crippen LogP) is 2.16. The molecular weight excluding hydrogens is 311 g/mol. The van der Waals surface area contributed by atoms with E-state index in [0.29, 0.717) is 32.0 Å². The number of rotatable bonds is 2. The van der Waals surface area contributed by atoms with Gasteiger partial charge in [0.25, 0.3) is 5.91 Å². The number of nitrogens with zero attached hydrogens (tertiary/aromatic N) is 1. The maximum atomic E-state index is 13.5. The molecule has 2 N–H and O–H groups in total. The first kappa shape index (κ1) is 15.6. The highest BCUT2D eigenvalue weighted by atomic mass is 19.1. The van der Waals surface area contributed by atoms with E-state index in [1.54, 1.807) is 17.0 Å². The highest BCUT2D eigenvalue weighted by Gasteiger charge is 2.43. The quantitative estimate of drug-likeness (QED) is 0.886. The van der Waals surface area contributed by atoms with Crippen LogP contribution in [0.15, 0.2) is 24.4 Å². The number of piperidine rings is 1. The number of aromatic nitrogens is 1. The summed E-state index contributed by atoms with van der Waals surface area (Å²) >= 11 is 0. The highest BCUT2D eigenvalue weighted by Crippen LogP contribution is 2.34. The van der Waals surface area contributed by atoms with Crippen LogP contribution in [-0.2, 0) is 9.53 Å². The van der Waals surface area contributed by atoms with Crippen molar-refractivity contribution in [3.05, 3.63) is 35.8 Å². The van der Waals surface area contributed by atoms with Gasteiger partial charge in [0.15, 0.2) is 5.60 Å². The number of carbonyl (C=O) groups excluding carboxylic acids is 1. The van der Waals surface area contributed by atoms with Gasteiger partial charge in [-0.1, -0.05) is 0 Å². The molecule has 2 aliphatic rings. The number of hydrogen-bond donors (Lipinski definition) is 2. The lowest BCUT2D eigenvalue weighted by Gasteiger charge is -2.35. The van der Waals surface area contributed by atoms with Crippen molar-refractivity contribution < 1.29 is 19.0 Å². The van der Waals surface area contributed by atoms with Crippen molar-refractivity contribution in [3.8, 4) is 0 Å². The molecule has 6 heteroatoms. The first-order valence-corrected chi connectivity index (χ1v) is 8.43. The van der Waals surface area contributed by atoms with Crippen LogP contribution in [0.1, 0.15) is 30.7 Å². The Balaban J connectivity index is 1.47. The summed E-state index contributed by atoms with van der Waals surface area (Å²) in [6.45, 7) is 1.73. The number of hydrogen-bond acceptors (Lipinski definition) is 3. The van der Waals surface area contributed by atoms with Crippen LogP contribution in [0.4, 0.5) is 4.39 Å². The fourth-order valence-corrected chi connectivity index (χ4v) is 3.86. The lowest BCUT2D eigenvalue weighted by Crippen LogP contribution is -2.51. The minimum Gasteiger partial charge on any atom is -0.378 e. The zero-order valence-corrected chi connectivity index (χ0v) is 13.4. The fourth-order valence-electron chi connectivity index (χ4n) is 3.86. The molecule has 2 saturated heterocycles. The second-order valence-corrected chi connectivity index (χ2v) is 6.83. The van der Waals surface area contributed by atoms with Crippen LogP contribution in [0.5, 0.6) is 0 Å². The largest absolute Gasteiger partial charge is 0.378 e. The van der Waals surface area contributed by atoms with E-state index in [2.05, 4.69) is 4.98 Å². The van der Waals surface area contributed by atoms with Crippen molar-refractivity contribution in [1.29, 1.82) is 0 Å². The number of amides is 1. The van der Waals surface area contributed by atoms with Crippen molar-refractivity contribution in [1.82, 2.24) is 9.88 Å². The molecule has 1 aromatic carbocycles. The molecular formula is C18H21FN2O3. The van der Waals surface area contributed by atoms with E-state index in [0.717, 1.165) is 29.3 Å². The molecule has 0 spiro atoms. The number of nitrogens with one attached hydrogen (secondary N) is 1. The van der Waals surface area contributed by atoms with Gasteiger partial charge >= 0.3 is 0 Å². The molecule has 4 rings (SSSR count). The third-order valence-electron chi connectivity index (χ3n) is 5.30. The summed E-state index contributed by atoms with van der Waals surface area (Å²) in [4.78, 5) is 17.4. The normalized spacial score (nSPS) is 25.5. The van der Waals surface area contributed by atoms with Gasteiger partial charge in [-0.05, 0) is 42.5 Å². The van der Waals surface area contributed by atoms with Gasteiger partial charge in [0.2, 0.25) is 0 Å². The number of halogens is 1. The van der Waals surface area contributed by atoms with Crippen molar-refractivity contribution in [3.63, 3.8) is 0 Å². The molecule has 1 amide bonds. The molecule has 5 nitrogen and oxygen atoms in total. The van der Waals surface area contributed by atoms with Gasteiger partial charge in [0.05, 0.1) is 13.2 Å². The second-order valence-electron chi connectivity index (χ2n) is 6.83. The standard InChI is InChI=1S/C18H21FN2O3/c19-13-1-2-16-14(9-13)15(10-20-16)12-3-6-21(7-4-12)17(22)18(23)5-8-24-11-18/h1-2,9-10,12,20,23H,3-8,11H2. The third-order valence-corrected chi connectivity index (χ3v) is 5.30. The van der Waals surface area contributed by atoms with Crippen LogP contribution in [0.3, 0.4) is 0 Å². The van der Waals surface area contributed by atoms with E-state index in [1.807, 2.05) is 6.20 Å². The second kappa shape index (κ2) is 5.86. The zero-order valence-electron chi connectivity index (χ0n) is 13.4. The summed E-state index contributed by atoms with van der Waals surface area (Å²) in [5, 5.41) is 11.3. The van der Waals surface area contributed by atoms with E-state index >= 15 is 0 Å². The lowest BCUT2D eigenvalue weighted by molar-refractivity contribution is -0.152. The van der Waals surface area contributed by atoms with Gasteiger partial charge in [-0.3, -0.25) is 4.79 Å². The van der Waals surface area contributed by atoms with Gasteiger partial charge in [-0.15, -0.1) is 0 Å². The van der Waals surface area contributed by atoms with Crippen molar-refractivity contribution in [2.45, 2.75) is 30.8 Å². The summed E-state index contributed by atoms with van der Waals surface area (Å²) in [6.07, 6.45) is 3.94. The predicted molar refractivity (Wildman–Crippen MR) is 87.2 cm³/mol. The molecule has 1 unspecified atom stereocenters. The lowest BCUT2D eigenvalue weighted by atomic mass is 9.88. The Hall–Kier alpha value is -1.92. The number of H-pyrrole nitrogens is 1. The minimum absolute atomic E-state index is 0.0908. The summed E-state index contributed by atoms with van der Waals surface area (Å²) in [6, 6.07) is 4.77. The van der Waals surface area contributed by atoms with E-state index in [-0.39, 0.29) is 18.3 Å². The van der Waals surface area contributed by atoms with E-state index in [4.69, 9.17) is 4.74 Å². The van der Waals surface area contributed by atoms with Gasteiger partial charge in [-0.25, -0.2) is 4.39 Å². The van der Waals surface area contributed by atoms with Crippen molar-refractivity contribution >= 4 is 16.8 Å². The number of fused-ring (bicyclic) bond motifs is 1. The van der Waals surface area contributed by atoms with Gasteiger partial charge < -0.3 is 19.7 Å². The molecule has 2 fully saturated rings. The molecule has 128 valence electrons. The molecule has 0 aliphatic carbocycles. The molecule has 24 heavy (non-hydrogen) atoms. The summed E-state index contributed by atoms with van der Waals surface area (Å²) in [7, 11) is 0. The highest BCUT2D eigenvalue weighted by molar-refractivity contribution is 5.86. The Morgan fingerprint density at radius 2 is 2.17 bits per heavy atom. The maximum Gasteiger partial charge on any atom is 0.257 e. The van der Waals surface area contributed by atoms with Crippen LogP contribution in [0, 0.1) is 5.82 Å². The molecule has 3 heterocycles. The molecule has 2 aromatic rings. The van der Waals surface area contributed by atoms with Crippen LogP contribution in [0.2, 0.25) is 0 Å². The Morgan fingerprint density at radius 3 is 2.88 bits per heavy atom. The topological polar surface area (TPSA) is 65.6 Å². The molecule has 2 aliphatic heterocycles. The molecule has 0 saturated carbocycles.